The molecule has 2 N–H and O–H groups in total. The highest BCUT2D eigenvalue weighted by molar-refractivity contribution is 6.05. The first-order chi connectivity index (χ1) is 22.8. The van der Waals surface area contributed by atoms with E-state index >= 15 is 8.78 Å². The van der Waals surface area contributed by atoms with Gasteiger partial charge in [0.25, 0.3) is 5.88 Å². The van der Waals surface area contributed by atoms with E-state index in [1.54, 1.807) is 0 Å². The lowest BCUT2D eigenvalue weighted by atomic mass is 9.84. The fourth-order valence-electron chi connectivity index (χ4n) is 8.65. The molecule has 5 atom stereocenters. The summed E-state index contributed by atoms with van der Waals surface area (Å²) < 4.78 is 61.2. The number of benzene rings is 2. The van der Waals surface area contributed by atoms with Gasteiger partial charge < -0.3 is 29.7 Å². The second kappa shape index (κ2) is 9.64. The summed E-state index contributed by atoms with van der Waals surface area (Å²) in [5.74, 6) is 1.40. The zero-order chi connectivity index (χ0) is 31.8. The molecule has 4 saturated heterocycles. The van der Waals surface area contributed by atoms with Gasteiger partial charge in [0, 0.05) is 54.6 Å². The molecule has 4 aromatic rings. The van der Waals surface area contributed by atoms with Crippen LogP contribution < -0.4 is 19.7 Å². The molecular formula is C36H32F3N5O3. The number of hydrogen-bond donors (Lipinski definition) is 2. The Bertz CT molecular complexity index is 2060. The van der Waals surface area contributed by atoms with E-state index in [0.717, 1.165) is 50.7 Å². The molecule has 7 heterocycles. The van der Waals surface area contributed by atoms with Gasteiger partial charge in [0.05, 0.1) is 29.3 Å². The maximum atomic E-state index is 17.0. The summed E-state index contributed by atoms with van der Waals surface area (Å²) in [6, 6.07) is 5.44. The van der Waals surface area contributed by atoms with Crippen molar-refractivity contribution in [2.75, 3.05) is 44.3 Å². The van der Waals surface area contributed by atoms with Gasteiger partial charge in [-0.05, 0) is 61.1 Å². The molecule has 6 fully saturated rings. The van der Waals surface area contributed by atoms with Crippen LogP contribution in [0, 0.1) is 47.0 Å². The van der Waals surface area contributed by atoms with Crippen LogP contribution in [0.15, 0.2) is 24.3 Å². The maximum Gasteiger partial charge on any atom is 0.253 e. The van der Waals surface area contributed by atoms with Gasteiger partial charge in [-0.2, -0.15) is 4.39 Å². The number of nitrogens with zero attached hydrogens (tertiary/aromatic N) is 4. The maximum absolute atomic E-state index is 17.0. The number of anilines is 1. The number of halogens is 3. The van der Waals surface area contributed by atoms with Crippen LogP contribution in [-0.2, 0) is 0 Å². The highest BCUT2D eigenvalue weighted by Crippen LogP contribution is 2.52. The number of aromatic nitrogens is 2. The topological polar surface area (TPSA) is 83.0 Å². The van der Waals surface area contributed by atoms with Gasteiger partial charge >= 0.3 is 0 Å². The third-order valence-electron chi connectivity index (χ3n) is 11.4. The van der Waals surface area contributed by atoms with E-state index in [0.29, 0.717) is 11.9 Å². The summed E-state index contributed by atoms with van der Waals surface area (Å²) in [6.07, 6.45) is 9.96. The predicted octanol–water partition coefficient (Wildman–Crippen LogP) is 4.98. The minimum Gasteiger partial charge on any atom is -0.508 e. The molecular weight excluding hydrogens is 607 g/mol. The summed E-state index contributed by atoms with van der Waals surface area (Å²) in [7, 11) is 0. The summed E-state index contributed by atoms with van der Waals surface area (Å²) in [4.78, 5) is 13.5. The van der Waals surface area contributed by atoms with Crippen LogP contribution in [0.4, 0.5) is 18.9 Å². The van der Waals surface area contributed by atoms with E-state index in [2.05, 4.69) is 26.1 Å². The number of pyridine rings is 2. The van der Waals surface area contributed by atoms with Gasteiger partial charge in [0.1, 0.15) is 29.4 Å². The normalized spacial score (nSPS) is 27.8. The first kappa shape index (κ1) is 27.8. The van der Waals surface area contributed by atoms with Crippen LogP contribution >= 0.6 is 0 Å². The lowest BCUT2D eigenvalue weighted by Gasteiger charge is -2.54. The van der Waals surface area contributed by atoms with E-state index in [4.69, 9.17) is 15.9 Å². The molecule has 5 unspecified atom stereocenters. The summed E-state index contributed by atoms with van der Waals surface area (Å²) in [5.41, 5.74) is -0.301. The van der Waals surface area contributed by atoms with Gasteiger partial charge in [-0.15, -0.1) is 6.42 Å². The highest BCUT2D eigenvalue weighted by atomic mass is 19.1. The molecule has 8 nitrogen and oxygen atoms in total. The lowest BCUT2D eigenvalue weighted by Crippen LogP contribution is -2.73. The lowest BCUT2D eigenvalue weighted by molar-refractivity contribution is 0.136. The van der Waals surface area contributed by atoms with Crippen LogP contribution in [0.3, 0.4) is 0 Å². The summed E-state index contributed by atoms with van der Waals surface area (Å²) in [6.45, 7) is 4.13. The molecule has 5 aliphatic heterocycles. The average Bonchev–Trinajstić information content (AvgIpc) is 3.96. The van der Waals surface area contributed by atoms with Crippen molar-refractivity contribution in [2.24, 2.45) is 17.3 Å². The van der Waals surface area contributed by atoms with Crippen molar-refractivity contribution >= 4 is 27.4 Å². The largest absolute Gasteiger partial charge is 0.508 e. The Kier molecular flexibility index (Phi) is 5.70. The number of fused-ring (bicyclic) bond motifs is 2. The molecule has 2 saturated carbocycles. The molecule has 2 aromatic heterocycles. The second-order valence-electron chi connectivity index (χ2n) is 14.5. The molecule has 47 heavy (non-hydrogen) atoms. The standard InChI is InChI=1S/C36H32F3N5O3/c1-2-22-24(37)4-3-17-8-21(45)10-23(27(17)22)31-29(38)32-28-33(44-13-20-9-25(40-20)26(44)14-46-34(28)41-31)30(39)35(42-32)47-16-36(5-6-36)15-43-11-18-7-19(18)12-43/h1,3-4,8,10,18-20,25-26,40,45H,5-7,9,11-16H2. The number of terminal acetylenes is 1. The van der Waals surface area contributed by atoms with Crippen molar-refractivity contribution in [1.82, 2.24) is 20.2 Å². The molecule has 0 amide bonds. The van der Waals surface area contributed by atoms with E-state index in [-0.39, 0.29) is 93.1 Å². The Morgan fingerprint density at radius 1 is 1.06 bits per heavy atom. The second-order valence-corrected chi connectivity index (χ2v) is 14.5. The SMILES string of the molecule is C#Cc1c(F)ccc2cc(O)cc(-c3nc4c5c(c(F)c(OCC6(CN7CC8CC8C7)CC6)nc5c3F)N3CC5CC(N5)C3CO4)c12. The highest BCUT2D eigenvalue weighted by Gasteiger charge is 2.51. The van der Waals surface area contributed by atoms with Gasteiger partial charge in [-0.1, -0.05) is 12.0 Å². The zero-order valence-corrected chi connectivity index (χ0v) is 25.5. The van der Waals surface area contributed by atoms with Gasteiger partial charge in [0.2, 0.25) is 11.7 Å². The fourth-order valence-corrected chi connectivity index (χ4v) is 8.65. The van der Waals surface area contributed by atoms with E-state index in [1.165, 1.54) is 30.7 Å². The number of ether oxygens (including phenoxy) is 2. The van der Waals surface area contributed by atoms with Crippen molar-refractivity contribution in [3.05, 3.63) is 47.3 Å². The Labute approximate surface area is 268 Å². The van der Waals surface area contributed by atoms with Crippen molar-refractivity contribution < 1.29 is 27.8 Å². The number of rotatable bonds is 6. The van der Waals surface area contributed by atoms with Crippen LogP contribution in [0.25, 0.3) is 32.9 Å². The van der Waals surface area contributed by atoms with Crippen molar-refractivity contribution in [3.8, 4) is 41.1 Å². The average molecular weight is 640 g/mol. The van der Waals surface area contributed by atoms with E-state index in [9.17, 15) is 9.50 Å². The molecule has 0 radical (unpaired) electrons. The van der Waals surface area contributed by atoms with Gasteiger partial charge in [-0.3, -0.25) is 0 Å². The smallest absolute Gasteiger partial charge is 0.253 e. The van der Waals surface area contributed by atoms with Gasteiger partial charge in [0.15, 0.2) is 5.82 Å². The Morgan fingerprint density at radius 2 is 1.87 bits per heavy atom. The summed E-state index contributed by atoms with van der Waals surface area (Å²) >= 11 is 0. The van der Waals surface area contributed by atoms with Crippen molar-refractivity contribution in [3.63, 3.8) is 0 Å². The predicted molar refractivity (Wildman–Crippen MR) is 169 cm³/mol. The number of phenolic OH excluding ortho intramolecular Hbond substituents is 1. The van der Waals surface area contributed by atoms with Gasteiger partial charge in [-0.25, -0.2) is 18.7 Å². The quantitative estimate of drug-likeness (QED) is 0.286. The number of piperazine rings is 1. The minimum atomic E-state index is -0.867. The van der Waals surface area contributed by atoms with Crippen molar-refractivity contribution in [2.45, 2.75) is 43.8 Å². The van der Waals surface area contributed by atoms with E-state index < -0.39 is 17.5 Å². The molecule has 2 bridgehead atoms. The summed E-state index contributed by atoms with van der Waals surface area (Å²) in [5, 5.41) is 14.9. The molecule has 240 valence electrons. The number of phenols is 1. The molecule has 2 aromatic carbocycles. The number of piperidine rings is 2. The Morgan fingerprint density at radius 3 is 2.64 bits per heavy atom. The van der Waals surface area contributed by atoms with E-state index in [1.807, 2.05) is 4.90 Å². The molecule has 2 aliphatic carbocycles. The molecule has 0 spiro atoms. The zero-order valence-electron chi connectivity index (χ0n) is 25.5. The monoisotopic (exact) mass is 639 g/mol. The van der Waals surface area contributed by atoms with Crippen LogP contribution in [0.5, 0.6) is 17.5 Å². The van der Waals surface area contributed by atoms with Crippen LogP contribution in [0.2, 0.25) is 0 Å². The van der Waals surface area contributed by atoms with Crippen LogP contribution in [-0.4, -0.2) is 77.5 Å². The number of likely N-dealkylation sites (tertiary alicyclic amines) is 1. The number of nitrogens with one attached hydrogen (secondary N) is 1. The first-order valence-electron chi connectivity index (χ1n) is 16.4. The first-order valence-corrected chi connectivity index (χ1v) is 16.4. The molecule has 7 aliphatic rings. The third kappa shape index (κ3) is 4.17. The third-order valence-corrected chi connectivity index (χ3v) is 11.4. The fraction of sp³-hybridized carbons (Fsp3) is 0.444. The number of hydrogen-bond acceptors (Lipinski definition) is 8. The Balaban J connectivity index is 1.14. The van der Waals surface area contributed by atoms with Crippen LogP contribution in [0.1, 0.15) is 31.2 Å². The minimum absolute atomic E-state index is 0.0114. The Hall–Kier alpha value is -4.27. The number of aromatic hydroxyl groups is 1. The molecule has 11 heteroatoms. The van der Waals surface area contributed by atoms with Crippen molar-refractivity contribution in [1.29, 1.82) is 0 Å². The molecule has 11 rings (SSSR count).